The maximum atomic E-state index is 11.9. The van der Waals surface area contributed by atoms with Crippen LogP contribution in [0.1, 0.15) is 30.1 Å². The standard InChI is InChI=1S/C15H19NO5/c1-10(15(19)20)9-16-14(18)8-7-13(17)11-3-5-12(21-2)6-4-11/h3-6,10H,7-9H2,1-2H3,(H,16,18)(H,19,20). The summed E-state index contributed by atoms with van der Waals surface area (Å²) in [6.45, 7) is 1.57. The molecule has 0 aliphatic heterocycles. The summed E-state index contributed by atoms with van der Waals surface area (Å²) in [4.78, 5) is 34.0. The molecule has 0 radical (unpaired) electrons. The Balaban J connectivity index is 2.38. The normalized spacial score (nSPS) is 11.5. The number of rotatable bonds is 8. The van der Waals surface area contributed by atoms with E-state index in [2.05, 4.69) is 5.32 Å². The molecule has 1 atom stereocenters. The molecule has 2 N–H and O–H groups in total. The molecule has 0 spiro atoms. The molecule has 0 saturated carbocycles. The summed E-state index contributed by atoms with van der Waals surface area (Å²) < 4.78 is 5.00. The predicted molar refractivity (Wildman–Crippen MR) is 76.4 cm³/mol. The van der Waals surface area contributed by atoms with Gasteiger partial charge in [0.05, 0.1) is 13.0 Å². The van der Waals surface area contributed by atoms with Crippen molar-refractivity contribution in [3.05, 3.63) is 29.8 Å². The molecular formula is C15H19NO5. The van der Waals surface area contributed by atoms with E-state index in [4.69, 9.17) is 9.84 Å². The van der Waals surface area contributed by atoms with Gasteiger partial charge >= 0.3 is 5.97 Å². The lowest BCUT2D eigenvalue weighted by Gasteiger charge is -2.08. The van der Waals surface area contributed by atoms with Gasteiger partial charge < -0.3 is 15.2 Å². The molecule has 6 nitrogen and oxygen atoms in total. The van der Waals surface area contributed by atoms with Crippen LogP contribution >= 0.6 is 0 Å². The highest BCUT2D eigenvalue weighted by Crippen LogP contribution is 2.13. The van der Waals surface area contributed by atoms with Gasteiger partial charge in [0.15, 0.2) is 5.78 Å². The molecule has 1 amide bonds. The number of ketones is 1. The maximum absolute atomic E-state index is 11.9. The van der Waals surface area contributed by atoms with Crippen molar-refractivity contribution in [2.75, 3.05) is 13.7 Å². The summed E-state index contributed by atoms with van der Waals surface area (Å²) in [6, 6.07) is 6.65. The third-order valence-corrected chi connectivity index (χ3v) is 3.02. The van der Waals surface area contributed by atoms with Crippen molar-refractivity contribution in [2.45, 2.75) is 19.8 Å². The Kier molecular flexibility index (Phi) is 6.39. The topological polar surface area (TPSA) is 92.7 Å². The van der Waals surface area contributed by atoms with Crippen molar-refractivity contribution in [3.63, 3.8) is 0 Å². The zero-order valence-electron chi connectivity index (χ0n) is 12.1. The fraction of sp³-hybridized carbons (Fsp3) is 0.400. The third-order valence-electron chi connectivity index (χ3n) is 3.02. The summed E-state index contributed by atoms with van der Waals surface area (Å²) in [5.74, 6) is -1.42. The lowest BCUT2D eigenvalue weighted by Crippen LogP contribution is -2.31. The van der Waals surface area contributed by atoms with E-state index in [9.17, 15) is 14.4 Å². The fourth-order valence-corrected chi connectivity index (χ4v) is 1.59. The number of hydrogen-bond acceptors (Lipinski definition) is 4. The SMILES string of the molecule is COc1ccc(C(=O)CCC(=O)NCC(C)C(=O)O)cc1. The van der Waals surface area contributed by atoms with E-state index in [1.807, 2.05) is 0 Å². The largest absolute Gasteiger partial charge is 0.497 e. The molecule has 1 unspecified atom stereocenters. The Morgan fingerprint density at radius 2 is 1.81 bits per heavy atom. The number of carboxylic acids is 1. The van der Waals surface area contributed by atoms with Crippen molar-refractivity contribution in [1.29, 1.82) is 0 Å². The van der Waals surface area contributed by atoms with Gasteiger partial charge in [-0.05, 0) is 24.3 Å². The molecule has 114 valence electrons. The van der Waals surface area contributed by atoms with Gasteiger partial charge in [-0.3, -0.25) is 14.4 Å². The monoisotopic (exact) mass is 293 g/mol. The van der Waals surface area contributed by atoms with Crippen LogP contribution in [-0.2, 0) is 9.59 Å². The van der Waals surface area contributed by atoms with Crippen LogP contribution in [0.4, 0.5) is 0 Å². The molecule has 0 fully saturated rings. The van der Waals surface area contributed by atoms with Gasteiger partial charge in [0.2, 0.25) is 5.91 Å². The van der Waals surface area contributed by atoms with Gasteiger partial charge in [0.1, 0.15) is 5.75 Å². The molecule has 0 heterocycles. The highest BCUT2D eigenvalue weighted by atomic mass is 16.5. The summed E-state index contributed by atoms with van der Waals surface area (Å²) in [5.41, 5.74) is 0.516. The minimum Gasteiger partial charge on any atom is -0.497 e. The van der Waals surface area contributed by atoms with E-state index in [1.165, 1.54) is 6.92 Å². The van der Waals surface area contributed by atoms with Crippen LogP contribution in [0.15, 0.2) is 24.3 Å². The van der Waals surface area contributed by atoms with Gasteiger partial charge in [-0.25, -0.2) is 0 Å². The average Bonchev–Trinajstić information content (AvgIpc) is 2.50. The second kappa shape index (κ2) is 8.04. The number of carbonyl (C=O) groups is 3. The lowest BCUT2D eigenvalue weighted by atomic mass is 10.1. The quantitative estimate of drug-likeness (QED) is 0.708. The Labute approximate surface area is 123 Å². The molecular weight excluding hydrogens is 274 g/mol. The fourth-order valence-electron chi connectivity index (χ4n) is 1.59. The van der Waals surface area contributed by atoms with Crippen LogP contribution < -0.4 is 10.1 Å². The van der Waals surface area contributed by atoms with Crippen molar-refractivity contribution in [2.24, 2.45) is 5.92 Å². The van der Waals surface area contributed by atoms with E-state index in [-0.39, 0.29) is 31.1 Å². The summed E-state index contributed by atoms with van der Waals surface area (Å²) in [7, 11) is 1.54. The van der Waals surface area contributed by atoms with Gasteiger partial charge in [-0.15, -0.1) is 0 Å². The van der Waals surface area contributed by atoms with Crippen LogP contribution in [0.5, 0.6) is 5.75 Å². The molecule has 0 aliphatic rings. The molecule has 0 aromatic heterocycles. The van der Waals surface area contributed by atoms with Crippen molar-refractivity contribution in [1.82, 2.24) is 5.32 Å². The molecule has 0 aliphatic carbocycles. The smallest absolute Gasteiger partial charge is 0.308 e. The molecule has 1 aromatic rings. The molecule has 1 rings (SSSR count). The van der Waals surface area contributed by atoms with Crippen LogP contribution in [0.25, 0.3) is 0 Å². The molecule has 0 bridgehead atoms. The van der Waals surface area contributed by atoms with Crippen LogP contribution in [0.2, 0.25) is 0 Å². The first-order valence-corrected chi connectivity index (χ1v) is 6.60. The number of nitrogens with one attached hydrogen (secondary N) is 1. The third kappa shape index (κ3) is 5.64. The Morgan fingerprint density at radius 1 is 1.19 bits per heavy atom. The number of amides is 1. The zero-order valence-corrected chi connectivity index (χ0v) is 12.1. The highest BCUT2D eigenvalue weighted by Gasteiger charge is 2.13. The van der Waals surface area contributed by atoms with Crippen molar-refractivity contribution < 1.29 is 24.2 Å². The zero-order chi connectivity index (χ0) is 15.8. The molecule has 0 saturated heterocycles. The minimum absolute atomic E-state index is 0.0389. The first-order valence-electron chi connectivity index (χ1n) is 6.60. The average molecular weight is 293 g/mol. The second-order valence-corrected chi connectivity index (χ2v) is 4.70. The molecule has 6 heteroatoms. The lowest BCUT2D eigenvalue weighted by molar-refractivity contribution is -0.141. The van der Waals surface area contributed by atoms with Crippen LogP contribution in [0, 0.1) is 5.92 Å². The summed E-state index contributed by atoms with van der Waals surface area (Å²) >= 11 is 0. The first kappa shape index (κ1) is 16.7. The van der Waals surface area contributed by atoms with E-state index >= 15 is 0 Å². The summed E-state index contributed by atoms with van der Waals surface area (Å²) in [5, 5.41) is 11.2. The van der Waals surface area contributed by atoms with E-state index < -0.39 is 11.9 Å². The number of carbonyl (C=O) groups excluding carboxylic acids is 2. The maximum Gasteiger partial charge on any atom is 0.308 e. The van der Waals surface area contributed by atoms with E-state index in [1.54, 1.807) is 31.4 Å². The van der Waals surface area contributed by atoms with Gasteiger partial charge in [-0.2, -0.15) is 0 Å². The predicted octanol–water partition coefficient (Wildman–Crippen LogP) is 1.49. The first-order chi connectivity index (χ1) is 9.93. The highest BCUT2D eigenvalue weighted by molar-refractivity contribution is 5.98. The number of ether oxygens (including phenoxy) is 1. The Bertz CT molecular complexity index is 509. The van der Waals surface area contributed by atoms with Gasteiger partial charge in [-0.1, -0.05) is 6.92 Å². The van der Waals surface area contributed by atoms with Crippen LogP contribution in [0.3, 0.4) is 0 Å². The van der Waals surface area contributed by atoms with Crippen molar-refractivity contribution >= 4 is 17.7 Å². The van der Waals surface area contributed by atoms with E-state index in [0.29, 0.717) is 11.3 Å². The summed E-state index contributed by atoms with van der Waals surface area (Å²) in [6.07, 6.45) is 0.122. The van der Waals surface area contributed by atoms with Crippen molar-refractivity contribution in [3.8, 4) is 5.75 Å². The minimum atomic E-state index is -0.968. The number of hydrogen-bond donors (Lipinski definition) is 2. The molecule has 1 aromatic carbocycles. The molecule has 21 heavy (non-hydrogen) atoms. The number of methoxy groups -OCH3 is 1. The van der Waals surface area contributed by atoms with Crippen LogP contribution in [-0.4, -0.2) is 36.4 Å². The van der Waals surface area contributed by atoms with E-state index in [0.717, 1.165) is 0 Å². The number of aliphatic carboxylic acids is 1. The van der Waals surface area contributed by atoms with Gasteiger partial charge in [0, 0.05) is 24.9 Å². The number of benzene rings is 1. The number of carboxylic acid groups (broad SMARTS) is 1. The Hall–Kier alpha value is -2.37. The second-order valence-electron chi connectivity index (χ2n) is 4.70. The number of Topliss-reactive ketones (excluding diaryl/α,β-unsaturated/α-hetero) is 1. The van der Waals surface area contributed by atoms with Gasteiger partial charge in [0.25, 0.3) is 0 Å². The Morgan fingerprint density at radius 3 is 2.33 bits per heavy atom.